The predicted molar refractivity (Wildman–Crippen MR) is 59.3 cm³/mol. The van der Waals surface area contributed by atoms with E-state index in [0.29, 0.717) is 11.0 Å². The van der Waals surface area contributed by atoms with E-state index in [0.717, 1.165) is 0 Å². The number of hydrogen-bond acceptors (Lipinski definition) is 5. The third kappa shape index (κ3) is 9.59. The van der Waals surface area contributed by atoms with Crippen LogP contribution in [0.4, 0.5) is 0 Å². The summed E-state index contributed by atoms with van der Waals surface area (Å²) >= 11 is 0. The summed E-state index contributed by atoms with van der Waals surface area (Å²) in [4.78, 5) is 32.1. The van der Waals surface area contributed by atoms with Crippen LogP contribution >= 0.6 is 0 Å². The van der Waals surface area contributed by atoms with E-state index in [4.69, 9.17) is 9.84 Å². The molecule has 0 aromatic rings. The van der Waals surface area contributed by atoms with Gasteiger partial charge in [-0.25, -0.2) is 0 Å². The molecule has 7 heteroatoms. The molecule has 1 atom stereocenters. The monoisotopic (exact) mass is 261 g/mol. The highest BCUT2D eigenvalue weighted by Crippen LogP contribution is 2.06. The van der Waals surface area contributed by atoms with Gasteiger partial charge in [-0.1, -0.05) is 0 Å². The Morgan fingerprint density at radius 2 is 1.78 bits per heavy atom. The van der Waals surface area contributed by atoms with E-state index in [1.54, 1.807) is 0 Å². The van der Waals surface area contributed by atoms with Gasteiger partial charge >= 0.3 is 11.9 Å². The molecule has 0 amide bonds. The first-order valence-corrected chi connectivity index (χ1v) is 5.51. The first-order valence-electron chi connectivity index (χ1n) is 5.51. The van der Waals surface area contributed by atoms with Gasteiger partial charge in [0.25, 0.3) is 0 Å². The van der Waals surface area contributed by atoms with Crippen LogP contribution in [-0.2, 0) is 19.1 Å². The highest BCUT2D eigenvalue weighted by molar-refractivity contribution is 5.77. The molecular formula is C11H19NO6. The minimum atomic E-state index is -1.31. The summed E-state index contributed by atoms with van der Waals surface area (Å²) in [5.41, 5.74) is 0. The fourth-order valence-electron chi connectivity index (χ4n) is 1.39. The van der Waals surface area contributed by atoms with Crippen molar-refractivity contribution < 1.29 is 33.8 Å². The number of rotatable bonds is 8. The van der Waals surface area contributed by atoms with Gasteiger partial charge in [0.15, 0.2) is 6.10 Å². The summed E-state index contributed by atoms with van der Waals surface area (Å²) in [6.07, 6.45) is -1.80. The van der Waals surface area contributed by atoms with Crippen LogP contribution in [0.15, 0.2) is 0 Å². The van der Waals surface area contributed by atoms with Crippen molar-refractivity contribution in [3.63, 3.8) is 0 Å². The first kappa shape index (κ1) is 16.4. The summed E-state index contributed by atoms with van der Waals surface area (Å²) in [7, 11) is 5.48. The SMILES string of the molecule is C[N+](C)(C)C[C@@H](CC(=O)[O-])OC(=O)CCC(=O)O. The zero-order valence-electron chi connectivity index (χ0n) is 10.8. The van der Waals surface area contributed by atoms with E-state index >= 15 is 0 Å². The number of ether oxygens (including phenoxy) is 1. The van der Waals surface area contributed by atoms with Gasteiger partial charge in [-0.05, 0) is 0 Å². The molecule has 7 nitrogen and oxygen atoms in total. The number of likely N-dealkylation sites (N-methyl/N-ethyl adjacent to an activating group) is 1. The fourth-order valence-corrected chi connectivity index (χ4v) is 1.39. The summed E-state index contributed by atoms with van der Waals surface area (Å²) < 4.78 is 5.37. The number of quaternary nitrogens is 1. The maximum atomic E-state index is 11.3. The third-order valence-corrected chi connectivity index (χ3v) is 1.99. The number of carbonyl (C=O) groups excluding carboxylic acids is 2. The lowest BCUT2D eigenvalue weighted by atomic mass is 10.2. The second kappa shape index (κ2) is 6.95. The second-order valence-corrected chi connectivity index (χ2v) is 5.05. The van der Waals surface area contributed by atoms with Crippen molar-refractivity contribution in [1.82, 2.24) is 0 Å². The molecule has 0 fully saturated rings. The van der Waals surface area contributed by atoms with E-state index in [2.05, 4.69) is 0 Å². The average Bonchev–Trinajstić information content (AvgIpc) is 2.10. The van der Waals surface area contributed by atoms with Crippen LogP contribution in [0.1, 0.15) is 19.3 Å². The molecule has 0 aliphatic heterocycles. The Bertz CT molecular complexity index is 320. The van der Waals surface area contributed by atoms with Crippen LogP contribution < -0.4 is 5.11 Å². The van der Waals surface area contributed by atoms with Gasteiger partial charge in [-0.15, -0.1) is 0 Å². The lowest BCUT2D eigenvalue weighted by Crippen LogP contribution is -2.45. The maximum Gasteiger partial charge on any atom is 0.306 e. The van der Waals surface area contributed by atoms with Crippen molar-refractivity contribution in [1.29, 1.82) is 0 Å². The van der Waals surface area contributed by atoms with Crippen molar-refractivity contribution >= 4 is 17.9 Å². The standard InChI is InChI=1S/C11H19NO6/c1-12(2,3)7-8(6-10(15)16)18-11(17)5-4-9(13)14/h8H,4-7H2,1-3H3,(H-,13,14,15,16)/t8-/m1/s1. The number of aliphatic carboxylic acids is 2. The Labute approximate surface area is 106 Å². The normalized spacial score (nSPS) is 12.8. The summed E-state index contributed by atoms with van der Waals surface area (Å²) in [6.45, 7) is 0.312. The molecule has 1 N–H and O–H groups in total. The van der Waals surface area contributed by atoms with E-state index in [-0.39, 0.29) is 12.8 Å². The lowest BCUT2D eigenvalue weighted by molar-refractivity contribution is -0.873. The van der Waals surface area contributed by atoms with Crippen LogP contribution in [0, 0.1) is 0 Å². The van der Waals surface area contributed by atoms with Crippen LogP contribution in [0.5, 0.6) is 0 Å². The first-order chi connectivity index (χ1) is 8.10. The minimum absolute atomic E-state index is 0.268. The predicted octanol–water partition coefficient (Wildman–Crippen LogP) is -1.39. The van der Waals surface area contributed by atoms with Gasteiger partial charge in [0.1, 0.15) is 6.54 Å². The molecule has 0 aliphatic carbocycles. The molecular weight excluding hydrogens is 242 g/mol. The summed E-state index contributed by atoms with van der Waals surface area (Å²) in [5.74, 6) is -3.12. The Hall–Kier alpha value is -1.63. The molecule has 18 heavy (non-hydrogen) atoms. The molecule has 0 aromatic heterocycles. The third-order valence-electron chi connectivity index (χ3n) is 1.99. The van der Waals surface area contributed by atoms with Gasteiger partial charge < -0.3 is 24.2 Å². The van der Waals surface area contributed by atoms with Gasteiger partial charge in [0, 0.05) is 12.4 Å². The van der Waals surface area contributed by atoms with E-state index in [1.807, 2.05) is 21.1 Å². The highest BCUT2D eigenvalue weighted by Gasteiger charge is 2.22. The van der Waals surface area contributed by atoms with Crippen molar-refractivity contribution in [3.05, 3.63) is 0 Å². The van der Waals surface area contributed by atoms with Gasteiger partial charge in [-0.3, -0.25) is 9.59 Å². The van der Waals surface area contributed by atoms with Crippen molar-refractivity contribution in [2.24, 2.45) is 0 Å². The zero-order valence-corrected chi connectivity index (χ0v) is 10.8. The Morgan fingerprint density at radius 1 is 1.22 bits per heavy atom. The average molecular weight is 261 g/mol. The topological polar surface area (TPSA) is 104 Å². The lowest BCUT2D eigenvalue weighted by Gasteiger charge is -2.29. The van der Waals surface area contributed by atoms with E-state index < -0.39 is 30.4 Å². The van der Waals surface area contributed by atoms with E-state index in [1.165, 1.54) is 0 Å². The van der Waals surface area contributed by atoms with Crippen LogP contribution in [0.25, 0.3) is 0 Å². The fraction of sp³-hybridized carbons (Fsp3) is 0.727. The summed E-state index contributed by atoms with van der Waals surface area (Å²) in [6, 6.07) is 0. The van der Waals surface area contributed by atoms with Crippen LogP contribution in [0.3, 0.4) is 0 Å². The van der Waals surface area contributed by atoms with Gasteiger partial charge in [0.2, 0.25) is 0 Å². The number of nitrogens with zero attached hydrogens (tertiary/aromatic N) is 1. The quantitative estimate of drug-likeness (QED) is 0.426. The maximum absolute atomic E-state index is 11.3. The van der Waals surface area contributed by atoms with Gasteiger partial charge in [-0.2, -0.15) is 0 Å². The second-order valence-electron chi connectivity index (χ2n) is 5.05. The summed E-state index contributed by atoms with van der Waals surface area (Å²) in [5, 5.41) is 19.0. The smallest absolute Gasteiger partial charge is 0.306 e. The molecule has 0 unspecified atom stereocenters. The Kier molecular flexibility index (Phi) is 6.32. The number of carboxylic acids is 2. The zero-order chi connectivity index (χ0) is 14.3. The molecule has 0 radical (unpaired) electrons. The van der Waals surface area contributed by atoms with E-state index in [9.17, 15) is 19.5 Å². The number of hydrogen-bond donors (Lipinski definition) is 1. The van der Waals surface area contributed by atoms with Crippen LogP contribution in [-0.4, -0.2) is 61.3 Å². The molecule has 0 aliphatic rings. The minimum Gasteiger partial charge on any atom is -0.550 e. The largest absolute Gasteiger partial charge is 0.550 e. The molecule has 0 rings (SSSR count). The molecule has 0 aromatic carbocycles. The van der Waals surface area contributed by atoms with Crippen molar-refractivity contribution in [2.45, 2.75) is 25.4 Å². The Balaban J connectivity index is 4.35. The number of esters is 1. The number of carboxylic acid groups (broad SMARTS) is 2. The Morgan fingerprint density at radius 3 is 2.17 bits per heavy atom. The highest BCUT2D eigenvalue weighted by atomic mass is 16.5. The molecule has 0 bridgehead atoms. The molecule has 0 heterocycles. The molecule has 104 valence electrons. The molecule has 0 spiro atoms. The van der Waals surface area contributed by atoms with Crippen molar-refractivity contribution in [2.75, 3.05) is 27.7 Å². The number of carbonyl (C=O) groups is 3. The van der Waals surface area contributed by atoms with Gasteiger partial charge in [0.05, 0.1) is 34.0 Å². The van der Waals surface area contributed by atoms with Crippen LogP contribution in [0.2, 0.25) is 0 Å². The molecule has 0 saturated heterocycles. The van der Waals surface area contributed by atoms with Crippen molar-refractivity contribution in [3.8, 4) is 0 Å². The molecule has 0 saturated carbocycles.